The van der Waals surface area contributed by atoms with Crippen LogP contribution in [0.15, 0.2) is 55.0 Å². The number of allylic oxidation sites excluding steroid dienone is 1. The first-order valence-electron chi connectivity index (χ1n) is 17.3. The number of carbonyl (C=O) groups excluding carboxylic acids is 1. The fourth-order valence-electron chi connectivity index (χ4n) is 7.78. The highest BCUT2D eigenvalue weighted by Gasteiger charge is 2.46. The molecule has 0 atom stereocenters. The Kier molecular flexibility index (Phi) is 9.02. The van der Waals surface area contributed by atoms with Crippen molar-refractivity contribution in [3.8, 4) is 17.0 Å². The predicted molar refractivity (Wildman–Crippen MR) is 189 cm³/mol. The maximum Gasteiger partial charge on any atom is 0.189 e. The lowest BCUT2D eigenvalue weighted by Crippen LogP contribution is -2.63. The van der Waals surface area contributed by atoms with Crippen LogP contribution in [-0.2, 0) is 6.54 Å². The van der Waals surface area contributed by atoms with Gasteiger partial charge in [-0.15, -0.1) is 0 Å². The predicted octanol–water partition coefficient (Wildman–Crippen LogP) is 5.30. The van der Waals surface area contributed by atoms with E-state index in [4.69, 9.17) is 9.72 Å². The van der Waals surface area contributed by atoms with Gasteiger partial charge in [0.15, 0.2) is 11.6 Å². The van der Waals surface area contributed by atoms with E-state index >= 15 is 4.39 Å². The fourth-order valence-corrected chi connectivity index (χ4v) is 7.78. The zero-order valence-corrected chi connectivity index (χ0v) is 28.9. The molecule has 3 aliphatic rings. The second-order valence-electron chi connectivity index (χ2n) is 14.8. The number of aliphatic hydroxyl groups is 1. The van der Waals surface area contributed by atoms with Gasteiger partial charge in [-0.1, -0.05) is 0 Å². The number of ether oxygens (including phenoxy) is 1. The molecule has 7 rings (SSSR count). The molecule has 0 radical (unpaired) electrons. The van der Waals surface area contributed by atoms with Gasteiger partial charge in [0.25, 0.3) is 0 Å². The number of nitrogens with zero attached hydrogens (tertiary/aromatic N) is 7. The van der Waals surface area contributed by atoms with Crippen molar-refractivity contribution in [1.82, 2.24) is 29.3 Å². The Balaban J connectivity index is 1.09. The van der Waals surface area contributed by atoms with E-state index in [0.717, 1.165) is 42.7 Å². The Labute approximate surface area is 287 Å². The van der Waals surface area contributed by atoms with E-state index in [-0.39, 0.29) is 17.8 Å². The molecule has 258 valence electrons. The number of methoxy groups -OCH3 is 1. The molecule has 1 aromatic carbocycles. The van der Waals surface area contributed by atoms with Gasteiger partial charge in [-0.05, 0) is 108 Å². The van der Waals surface area contributed by atoms with Crippen LogP contribution in [0.4, 0.5) is 10.1 Å². The number of fused-ring (bicyclic) bond motifs is 1. The summed E-state index contributed by atoms with van der Waals surface area (Å²) in [4.78, 5) is 34.0. The number of imidazole rings is 1. The zero-order valence-electron chi connectivity index (χ0n) is 28.9. The molecule has 11 heteroatoms. The topological polar surface area (TPSA) is 99.8 Å². The second kappa shape index (κ2) is 13.3. The van der Waals surface area contributed by atoms with Crippen molar-refractivity contribution >= 4 is 28.6 Å². The number of aromatic nitrogens is 4. The average Bonchev–Trinajstić information content (AvgIpc) is 3.41. The van der Waals surface area contributed by atoms with Crippen LogP contribution in [0.5, 0.6) is 5.75 Å². The molecule has 3 saturated heterocycles. The highest BCUT2D eigenvalue weighted by molar-refractivity contribution is 6.07. The lowest BCUT2D eigenvalue weighted by molar-refractivity contribution is -0.0704. The minimum Gasteiger partial charge on any atom is -0.496 e. The zero-order chi connectivity index (χ0) is 34.3. The highest BCUT2D eigenvalue weighted by atomic mass is 19.1. The molecule has 0 saturated carbocycles. The van der Waals surface area contributed by atoms with E-state index in [1.165, 1.54) is 70.7 Å². The Morgan fingerprint density at radius 1 is 1.10 bits per heavy atom. The molecule has 3 aliphatic heterocycles. The van der Waals surface area contributed by atoms with Crippen LogP contribution in [0, 0.1) is 11.2 Å². The van der Waals surface area contributed by atoms with Crippen molar-refractivity contribution in [3.63, 3.8) is 0 Å². The van der Waals surface area contributed by atoms with Gasteiger partial charge in [0.1, 0.15) is 17.3 Å². The number of ketones is 1. The van der Waals surface area contributed by atoms with Crippen molar-refractivity contribution in [1.29, 1.82) is 0 Å². The van der Waals surface area contributed by atoms with Crippen LogP contribution >= 0.6 is 0 Å². The molecule has 3 aromatic heterocycles. The van der Waals surface area contributed by atoms with Crippen molar-refractivity contribution in [2.75, 3.05) is 58.3 Å². The first-order valence-corrected chi connectivity index (χ1v) is 17.3. The van der Waals surface area contributed by atoms with Crippen molar-refractivity contribution in [3.05, 3.63) is 72.2 Å². The van der Waals surface area contributed by atoms with Crippen molar-refractivity contribution in [2.24, 2.45) is 5.41 Å². The van der Waals surface area contributed by atoms with Crippen molar-refractivity contribution in [2.45, 2.75) is 57.7 Å². The molecule has 0 unspecified atom stereocenters. The van der Waals surface area contributed by atoms with Gasteiger partial charge in [0, 0.05) is 56.5 Å². The number of likely N-dealkylation sites (tertiary alicyclic amines) is 2. The number of anilines is 1. The SMILES string of the molecule is COc1ccncc1-c1nccc(C(=O)/C=C/c2nc3ccc(N4CCC(N5CC6(CCN(C)CC6)C5)CC4)cc3n2CC(C)(C)O)c1F. The minimum absolute atomic E-state index is 0.0129. The molecule has 10 nitrogen and oxygen atoms in total. The van der Waals surface area contributed by atoms with Crippen LogP contribution in [0.2, 0.25) is 0 Å². The number of piperidine rings is 2. The van der Waals surface area contributed by atoms with Gasteiger partial charge in [0.2, 0.25) is 0 Å². The number of hydrogen-bond acceptors (Lipinski definition) is 9. The molecular weight excluding hydrogens is 621 g/mol. The number of rotatable bonds is 9. The van der Waals surface area contributed by atoms with E-state index in [1.807, 2.05) is 10.6 Å². The largest absolute Gasteiger partial charge is 0.496 e. The highest BCUT2D eigenvalue weighted by Crippen LogP contribution is 2.42. The average molecular weight is 668 g/mol. The smallest absolute Gasteiger partial charge is 0.189 e. The third kappa shape index (κ3) is 6.84. The standard InChI is InChI=1S/C38H46FN7O3/c1-37(2,48)23-46-31-21-27(44-17-11-26(12-18-44)45-24-38(25-45)13-19-43(3)20-14-38)5-6-30(31)42-34(46)8-7-32(47)28-9-16-41-36(35(28)39)29-22-40-15-10-33(29)49-4/h5-10,15-16,21-22,26,48H,11-14,17-20,23-25H2,1-4H3/b8-7+. The number of carbonyl (C=O) groups is 1. The summed E-state index contributed by atoms with van der Waals surface area (Å²) in [6.45, 7) is 10.7. The maximum absolute atomic E-state index is 15.7. The van der Waals surface area contributed by atoms with Gasteiger partial charge < -0.3 is 24.2 Å². The number of benzene rings is 1. The van der Waals surface area contributed by atoms with E-state index in [1.54, 1.807) is 32.2 Å². The summed E-state index contributed by atoms with van der Waals surface area (Å²) in [5.74, 6) is -0.371. The Morgan fingerprint density at radius 3 is 2.57 bits per heavy atom. The summed E-state index contributed by atoms with van der Waals surface area (Å²) < 4.78 is 23.0. The first-order chi connectivity index (χ1) is 23.5. The van der Waals surface area contributed by atoms with Gasteiger partial charge in [-0.2, -0.15) is 0 Å². The molecule has 3 fully saturated rings. The summed E-state index contributed by atoms with van der Waals surface area (Å²) in [5, 5.41) is 10.9. The maximum atomic E-state index is 15.7. The second-order valence-corrected chi connectivity index (χ2v) is 14.8. The van der Waals surface area contributed by atoms with E-state index in [9.17, 15) is 9.90 Å². The third-order valence-corrected chi connectivity index (χ3v) is 10.6. The molecule has 49 heavy (non-hydrogen) atoms. The van der Waals surface area contributed by atoms with Crippen LogP contribution in [-0.4, -0.2) is 105 Å². The Hall–Kier alpha value is -4.19. The Bertz CT molecular complexity index is 1860. The van der Waals surface area contributed by atoms with E-state index in [2.05, 4.69) is 43.8 Å². The molecule has 1 N–H and O–H groups in total. The fraction of sp³-hybridized carbons (Fsp3) is 0.474. The summed E-state index contributed by atoms with van der Waals surface area (Å²) in [5.41, 5.74) is 2.50. The van der Waals surface area contributed by atoms with Crippen LogP contribution < -0.4 is 9.64 Å². The quantitative estimate of drug-likeness (QED) is 0.188. The molecule has 0 aliphatic carbocycles. The van der Waals surface area contributed by atoms with Crippen LogP contribution in [0.1, 0.15) is 55.7 Å². The van der Waals surface area contributed by atoms with Gasteiger partial charge >= 0.3 is 0 Å². The van der Waals surface area contributed by atoms with Crippen molar-refractivity contribution < 1.29 is 19.0 Å². The third-order valence-electron chi connectivity index (χ3n) is 10.6. The molecule has 6 heterocycles. The molecular formula is C38H46FN7O3. The molecule has 1 spiro atoms. The van der Waals surface area contributed by atoms with Crippen LogP contribution in [0.25, 0.3) is 28.4 Å². The van der Waals surface area contributed by atoms with Gasteiger partial charge in [0.05, 0.1) is 41.4 Å². The molecule has 0 amide bonds. The number of hydrogen-bond donors (Lipinski definition) is 1. The van der Waals surface area contributed by atoms with Crippen LogP contribution in [0.3, 0.4) is 0 Å². The molecule has 4 aromatic rings. The number of pyridine rings is 2. The van der Waals surface area contributed by atoms with E-state index in [0.29, 0.717) is 28.6 Å². The van der Waals surface area contributed by atoms with Gasteiger partial charge in [-0.25, -0.2) is 9.37 Å². The lowest BCUT2D eigenvalue weighted by Gasteiger charge is -2.57. The summed E-state index contributed by atoms with van der Waals surface area (Å²) >= 11 is 0. The number of halogens is 1. The summed E-state index contributed by atoms with van der Waals surface area (Å²) in [6, 6.07) is 9.88. The molecule has 0 bridgehead atoms. The summed E-state index contributed by atoms with van der Waals surface area (Å²) in [6.07, 6.45) is 12.3. The monoisotopic (exact) mass is 667 g/mol. The normalized spacial score (nSPS) is 19.2. The van der Waals surface area contributed by atoms with Gasteiger partial charge in [-0.3, -0.25) is 19.7 Å². The Morgan fingerprint density at radius 2 is 1.86 bits per heavy atom. The minimum atomic E-state index is -1.04. The summed E-state index contributed by atoms with van der Waals surface area (Å²) in [7, 11) is 3.72. The lowest BCUT2D eigenvalue weighted by atomic mass is 9.71. The first kappa shape index (κ1) is 33.3. The van der Waals surface area contributed by atoms with E-state index < -0.39 is 17.2 Å².